The van der Waals surface area contributed by atoms with Crippen LogP contribution in [0.15, 0.2) is 70.0 Å². The van der Waals surface area contributed by atoms with E-state index in [2.05, 4.69) is 12.2 Å². The minimum absolute atomic E-state index is 0.0153. The van der Waals surface area contributed by atoms with Gasteiger partial charge in [0.2, 0.25) is 0 Å². The van der Waals surface area contributed by atoms with E-state index in [1.165, 1.54) is 36.4 Å². The molecule has 36 heavy (non-hydrogen) atoms. The van der Waals surface area contributed by atoms with Crippen LogP contribution in [-0.2, 0) is 4.79 Å². The molecule has 186 valence electrons. The van der Waals surface area contributed by atoms with Gasteiger partial charge < -0.3 is 14.6 Å². The molecule has 1 saturated carbocycles. The van der Waals surface area contributed by atoms with Gasteiger partial charge in [-0.25, -0.2) is 0 Å². The van der Waals surface area contributed by atoms with Gasteiger partial charge in [0.25, 0.3) is 11.6 Å². The van der Waals surface area contributed by atoms with Crippen LogP contribution in [0.4, 0.5) is 11.4 Å². The number of furan rings is 1. The first-order valence-corrected chi connectivity index (χ1v) is 13.2. The van der Waals surface area contributed by atoms with E-state index in [9.17, 15) is 14.9 Å². The number of amides is 1. The van der Waals surface area contributed by atoms with E-state index >= 15 is 0 Å². The van der Waals surface area contributed by atoms with Crippen molar-refractivity contribution < 1.29 is 14.1 Å². The van der Waals surface area contributed by atoms with Gasteiger partial charge in [-0.2, -0.15) is 0 Å². The molecule has 1 N–H and O–H groups in total. The number of carbonyl (C=O) groups is 1. The maximum Gasteiger partial charge on any atom is 0.270 e. The van der Waals surface area contributed by atoms with Crippen molar-refractivity contribution in [1.29, 1.82) is 0 Å². The van der Waals surface area contributed by atoms with Gasteiger partial charge in [0.05, 0.1) is 14.9 Å². The lowest BCUT2D eigenvalue weighted by Crippen LogP contribution is -2.48. The number of nitrogens with zero attached hydrogens (tertiary/aromatic N) is 2. The first-order valence-electron chi connectivity index (χ1n) is 12.0. The SMILES string of the molecule is C[C@H]1CCCC[C@H]1N1C(=O)/C(=C/c2ccc(-c3cc([N+](=O)[O-])ccc3Cl)o2)SC1Nc1ccccc1. The highest BCUT2D eigenvalue weighted by Gasteiger charge is 2.43. The van der Waals surface area contributed by atoms with Crippen LogP contribution in [0.2, 0.25) is 5.02 Å². The van der Waals surface area contributed by atoms with Crippen LogP contribution in [0.1, 0.15) is 38.4 Å². The molecule has 3 atom stereocenters. The second-order valence-corrected chi connectivity index (χ2v) is 10.7. The Kier molecular flexibility index (Phi) is 7.07. The van der Waals surface area contributed by atoms with Crippen LogP contribution in [-0.4, -0.2) is 27.3 Å². The number of halogens is 1. The number of hydrogen-bond donors (Lipinski definition) is 1. The number of rotatable bonds is 6. The lowest BCUT2D eigenvalue weighted by Gasteiger charge is -2.39. The molecule has 1 aromatic heterocycles. The molecule has 2 fully saturated rings. The van der Waals surface area contributed by atoms with Gasteiger partial charge in [-0.15, -0.1) is 0 Å². The molecule has 1 unspecified atom stereocenters. The quantitative estimate of drug-likeness (QED) is 0.206. The van der Waals surface area contributed by atoms with E-state index in [0.29, 0.717) is 32.9 Å². The zero-order valence-corrected chi connectivity index (χ0v) is 21.3. The minimum Gasteiger partial charge on any atom is -0.457 e. The first kappa shape index (κ1) is 24.5. The summed E-state index contributed by atoms with van der Waals surface area (Å²) in [5.41, 5.74) is 1.09. The fourth-order valence-corrected chi connectivity index (χ4v) is 6.29. The third kappa shape index (κ3) is 5.01. The molecule has 2 heterocycles. The number of thioether (sulfide) groups is 1. The van der Waals surface area contributed by atoms with E-state index in [1.807, 2.05) is 35.2 Å². The number of para-hydroxylation sites is 1. The predicted molar refractivity (Wildman–Crippen MR) is 143 cm³/mol. The maximum atomic E-state index is 13.7. The molecule has 5 rings (SSSR count). The van der Waals surface area contributed by atoms with Crippen LogP contribution in [0.5, 0.6) is 0 Å². The normalized spacial score (nSPS) is 23.3. The van der Waals surface area contributed by atoms with Crippen LogP contribution in [0.3, 0.4) is 0 Å². The number of carbonyl (C=O) groups excluding carboxylic acids is 1. The highest BCUT2D eigenvalue weighted by Crippen LogP contribution is 2.42. The third-order valence-corrected chi connectivity index (χ3v) is 8.19. The fraction of sp³-hybridized carbons (Fsp3) is 0.296. The van der Waals surface area contributed by atoms with Crippen LogP contribution in [0.25, 0.3) is 17.4 Å². The molecule has 1 saturated heterocycles. The Balaban J connectivity index is 1.44. The van der Waals surface area contributed by atoms with E-state index < -0.39 is 4.92 Å². The minimum atomic E-state index is -0.472. The van der Waals surface area contributed by atoms with Gasteiger partial charge in [0, 0.05) is 35.5 Å². The Labute approximate surface area is 218 Å². The van der Waals surface area contributed by atoms with E-state index in [-0.39, 0.29) is 23.1 Å². The highest BCUT2D eigenvalue weighted by molar-refractivity contribution is 8.05. The molecule has 2 aliphatic rings. The summed E-state index contributed by atoms with van der Waals surface area (Å²) in [5.74, 6) is 1.30. The lowest BCUT2D eigenvalue weighted by atomic mass is 9.85. The fourth-order valence-electron chi connectivity index (χ4n) is 4.89. The number of anilines is 1. The van der Waals surface area contributed by atoms with Crippen molar-refractivity contribution in [2.75, 3.05) is 5.32 Å². The van der Waals surface area contributed by atoms with Gasteiger partial charge in [-0.05, 0) is 49.1 Å². The van der Waals surface area contributed by atoms with Gasteiger partial charge >= 0.3 is 0 Å². The van der Waals surface area contributed by atoms with E-state index in [1.54, 1.807) is 18.2 Å². The number of nitrogens with one attached hydrogen (secondary N) is 1. The Morgan fingerprint density at radius 3 is 2.67 bits per heavy atom. The van der Waals surface area contributed by atoms with Crippen LogP contribution < -0.4 is 5.32 Å². The highest BCUT2D eigenvalue weighted by atomic mass is 35.5. The second-order valence-electron chi connectivity index (χ2n) is 9.15. The molecule has 7 nitrogen and oxygen atoms in total. The molecule has 2 aromatic carbocycles. The Morgan fingerprint density at radius 1 is 1.14 bits per heavy atom. The summed E-state index contributed by atoms with van der Waals surface area (Å²) < 4.78 is 5.96. The molecule has 0 bridgehead atoms. The number of non-ortho nitro benzene ring substituents is 1. The van der Waals surface area contributed by atoms with E-state index in [0.717, 1.165) is 24.9 Å². The summed E-state index contributed by atoms with van der Waals surface area (Å²) in [6.07, 6.45) is 6.16. The molecule has 0 radical (unpaired) electrons. The predicted octanol–water partition coefficient (Wildman–Crippen LogP) is 7.40. The summed E-state index contributed by atoms with van der Waals surface area (Å²) in [5, 5.41) is 15.1. The summed E-state index contributed by atoms with van der Waals surface area (Å²) in [7, 11) is 0. The lowest BCUT2D eigenvalue weighted by molar-refractivity contribution is -0.384. The average molecular weight is 524 g/mol. The zero-order valence-electron chi connectivity index (χ0n) is 19.7. The van der Waals surface area contributed by atoms with Crippen molar-refractivity contribution >= 4 is 46.7 Å². The average Bonchev–Trinajstić information content (AvgIpc) is 3.45. The first-order chi connectivity index (χ1) is 17.4. The molecule has 1 aliphatic carbocycles. The largest absolute Gasteiger partial charge is 0.457 e. The molecule has 1 amide bonds. The van der Waals surface area contributed by atoms with Crippen LogP contribution >= 0.6 is 23.4 Å². The third-order valence-electron chi connectivity index (χ3n) is 6.75. The molecular weight excluding hydrogens is 498 g/mol. The summed E-state index contributed by atoms with van der Waals surface area (Å²) in [6, 6.07) is 17.7. The van der Waals surface area contributed by atoms with Crippen molar-refractivity contribution in [3.05, 3.63) is 86.5 Å². The summed E-state index contributed by atoms with van der Waals surface area (Å²) in [6.45, 7) is 2.23. The van der Waals surface area contributed by atoms with Crippen molar-refractivity contribution in [3.8, 4) is 11.3 Å². The summed E-state index contributed by atoms with van der Waals surface area (Å²) in [4.78, 5) is 27.0. The van der Waals surface area contributed by atoms with Crippen LogP contribution in [0, 0.1) is 16.0 Å². The van der Waals surface area contributed by atoms with Crippen molar-refractivity contribution in [1.82, 2.24) is 4.90 Å². The monoisotopic (exact) mass is 523 g/mol. The molecular formula is C27H26ClN3O4S. The van der Waals surface area contributed by atoms with Gasteiger partial charge in [0.1, 0.15) is 11.5 Å². The smallest absolute Gasteiger partial charge is 0.270 e. The van der Waals surface area contributed by atoms with Crippen molar-refractivity contribution in [2.45, 2.75) is 44.1 Å². The van der Waals surface area contributed by atoms with Gasteiger partial charge in [-0.3, -0.25) is 14.9 Å². The standard InChI is InChI=1S/C27H26ClN3O4S/c1-17-7-5-6-10-23(17)30-26(32)25(36-27(30)29-18-8-3-2-4-9-18)16-20-12-14-24(35-20)21-15-19(31(33)34)11-13-22(21)28/h2-4,8-9,11-17,23,27,29H,5-7,10H2,1H3/b25-16-/t17-,23+,27?/m0/s1. The Hall–Kier alpha value is -3.23. The number of benzene rings is 2. The topological polar surface area (TPSA) is 88.6 Å². The number of nitro groups is 1. The number of nitro benzene ring substituents is 1. The van der Waals surface area contributed by atoms with Crippen molar-refractivity contribution in [3.63, 3.8) is 0 Å². The zero-order chi connectivity index (χ0) is 25.2. The molecule has 1 aliphatic heterocycles. The van der Waals surface area contributed by atoms with Crippen molar-refractivity contribution in [2.24, 2.45) is 5.92 Å². The Morgan fingerprint density at radius 2 is 1.92 bits per heavy atom. The molecule has 0 spiro atoms. The molecule has 3 aromatic rings. The Bertz CT molecular complexity index is 1310. The van der Waals surface area contributed by atoms with Gasteiger partial charge in [0.15, 0.2) is 5.50 Å². The number of hydrogen-bond acceptors (Lipinski definition) is 6. The second kappa shape index (κ2) is 10.4. The molecule has 9 heteroatoms. The van der Waals surface area contributed by atoms with E-state index in [4.69, 9.17) is 16.0 Å². The maximum absolute atomic E-state index is 13.7. The van der Waals surface area contributed by atoms with Gasteiger partial charge in [-0.1, -0.05) is 61.3 Å². The summed E-state index contributed by atoms with van der Waals surface area (Å²) >= 11 is 7.76.